The predicted octanol–water partition coefficient (Wildman–Crippen LogP) is 0.442. The van der Waals surface area contributed by atoms with E-state index < -0.39 is 24.0 Å². The van der Waals surface area contributed by atoms with Gasteiger partial charge in [0.1, 0.15) is 0 Å². The summed E-state index contributed by atoms with van der Waals surface area (Å²) >= 11 is 1.56. The Morgan fingerprint density at radius 3 is 2.65 bits per heavy atom. The molecular formula is C24H32N4O5S. The number of amides is 3. The maximum Gasteiger partial charge on any atom is 0.255 e. The first kappa shape index (κ1) is 25.8. The van der Waals surface area contributed by atoms with Gasteiger partial charge >= 0.3 is 0 Å². The number of aliphatic hydroxyl groups excluding tert-OH is 2. The summed E-state index contributed by atoms with van der Waals surface area (Å²) < 4.78 is 0. The predicted molar refractivity (Wildman–Crippen MR) is 129 cm³/mol. The summed E-state index contributed by atoms with van der Waals surface area (Å²) in [5.74, 6) is -1.69. The highest BCUT2D eigenvalue weighted by atomic mass is 32.1. The fourth-order valence-electron chi connectivity index (χ4n) is 3.98. The smallest absolute Gasteiger partial charge is 0.255 e. The van der Waals surface area contributed by atoms with E-state index in [-0.39, 0.29) is 11.9 Å². The highest BCUT2D eigenvalue weighted by molar-refractivity contribution is 7.09. The molecule has 1 aromatic carbocycles. The number of hydrogen-bond donors (Lipinski definition) is 5. The number of carbonyl (C=O) groups is 3. The minimum atomic E-state index is -1.87. The Morgan fingerprint density at radius 1 is 1.09 bits per heavy atom. The zero-order valence-corrected chi connectivity index (χ0v) is 20.0. The highest BCUT2D eigenvalue weighted by Gasteiger charge is 2.38. The van der Waals surface area contributed by atoms with E-state index in [2.05, 4.69) is 16.0 Å². The quantitative estimate of drug-likeness (QED) is 0.292. The molecule has 2 aromatic rings. The number of nitrogens with zero attached hydrogens (tertiary/aromatic N) is 1. The molecule has 0 bridgehead atoms. The lowest BCUT2D eigenvalue weighted by Gasteiger charge is -2.29. The molecule has 0 spiro atoms. The fraction of sp³-hybridized carbons (Fsp3) is 0.458. The summed E-state index contributed by atoms with van der Waals surface area (Å²) in [5.41, 5.74) is 1.26. The average molecular weight is 489 g/mol. The van der Waals surface area contributed by atoms with Gasteiger partial charge in [-0.15, -0.1) is 11.3 Å². The molecule has 3 rings (SSSR count). The number of rotatable bonds is 11. The highest BCUT2D eigenvalue weighted by Crippen LogP contribution is 2.33. The zero-order chi connectivity index (χ0) is 24.5. The van der Waals surface area contributed by atoms with Crippen LogP contribution in [0.2, 0.25) is 0 Å². The monoisotopic (exact) mass is 488 g/mol. The molecule has 1 aromatic heterocycles. The van der Waals surface area contributed by atoms with E-state index in [1.54, 1.807) is 36.6 Å². The third-order valence-electron chi connectivity index (χ3n) is 5.80. The number of nitrogens with one attached hydrogen (secondary N) is 3. The summed E-state index contributed by atoms with van der Waals surface area (Å²) in [6.45, 7) is 1.84. The van der Waals surface area contributed by atoms with E-state index >= 15 is 0 Å². The van der Waals surface area contributed by atoms with Crippen LogP contribution in [0.5, 0.6) is 0 Å². The van der Waals surface area contributed by atoms with Crippen LogP contribution >= 0.6 is 11.3 Å². The third-order valence-corrected chi connectivity index (χ3v) is 6.74. The molecule has 5 N–H and O–H groups in total. The number of likely N-dealkylation sites (tertiary alicyclic amines) is 1. The molecule has 0 aliphatic carbocycles. The lowest BCUT2D eigenvalue weighted by Crippen LogP contribution is -2.50. The van der Waals surface area contributed by atoms with E-state index in [1.165, 1.54) is 4.90 Å². The maximum absolute atomic E-state index is 13.0. The minimum Gasteiger partial charge on any atom is -0.380 e. The Hall–Kier alpha value is -2.79. The second kappa shape index (κ2) is 12.6. The molecule has 2 heterocycles. The van der Waals surface area contributed by atoms with E-state index in [0.29, 0.717) is 51.0 Å². The van der Waals surface area contributed by atoms with Crippen molar-refractivity contribution in [2.45, 2.75) is 37.5 Å². The van der Waals surface area contributed by atoms with Crippen LogP contribution in [0.15, 0.2) is 41.8 Å². The molecule has 34 heavy (non-hydrogen) atoms. The van der Waals surface area contributed by atoms with Gasteiger partial charge in [-0.25, -0.2) is 0 Å². The van der Waals surface area contributed by atoms with Gasteiger partial charge in [0.25, 0.3) is 17.7 Å². The summed E-state index contributed by atoms with van der Waals surface area (Å²) in [5, 5.41) is 31.0. The van der Waals surface area contributed by atoms with E-state index in [9.17, 15) is 24.6 Å². The number of thiophene rings is 1. The first-order valence-corrected chi connectivity index (χ1v) is 12.3. The van der Waals surface area contributed by atoms with Crippen LogP contribution in [0, 0.1) is 0 Å². The molecule has 0 saturated carbocycles. The van der Waals surface area contributed by atoms with Gasteiger partial charge in [-0.1, -0.05) is 18.2 Å². The summed E-state index contributed by atoms with van der Waals surface area (Å²) in [6, 6.07) is 10.6. The van der Waals surface area contributed by atoms with Crippen molar-refractivity contribution < 1.29 is 24.6 Å². The number of hydrogen-bond acceptors (Lipinski definition) is 7. The van der Waals surface area contributed by atoms with Gasteiger partial charge in [-0.05, 0) is 55.5 Å². The molecule has 10 heteroatoms. The summed E-state index contributed by atoms with van der Waals surface area (Å²) in [7, 11) is 1.80. The van der Waals surface area contributed by atoms with Crippen LogP contribution in [0.1, 0.15) is 39.7 Å². The number of likely N-dealkylation sites (N-methyl/N-ethyl adjacent to an activating group) is 1. The Kier molecular flexibility index (Phi) is 9.58. The SMILES string of the molecule is CNCCNC(=O)c1cccc(C2CCCN2C(=O)[C@H](O)[C@@H](O)C(=O)NCCc2cccs2)c1. The second-order valence-corrected chi connectivity index (χ2v) is 9.22. The fourth-order valence-corrected chi connectivity index (χ4v) is 4.69. The average Bonchev–Trinajstić information content (AvgIpc) is 3.55. The molecule has 184 valence electrons. The lowest BCUT2D eigenvalue weighted by atomic mass is 10.0. The number of carbonyl (C=O) groups excluding carboxylic acids is 3. The summed E-state index contributed by atoms with van der Waals surface area (Å²) in [6.07, 6.45) is -1.75. The Morgan fingerprint density at radius 2 is 1.91 bits per heavy atom. The van der Waals surface area contributed by atoms with E-state index in [1.807, 2.05) is 23.6 Å². The lowest BCUT2D eigenvalue weighted by molar-refractivity contribution is -0.153. The molecule has 3 amide bonds. The van der Waals surface area contributed by atoms with E-state index in [0.717, 1.165) is 10.4 Å². The second-order valence-electron chi connectivity index (χ2n) is 8.18. The molecule has 1 saturated heterocycles. The van der Waals surface area contributed by atoms with E-state index in [4.69, 9.17) is 0 Å². The molecule has 1 aliphatic rings. The van der Waals surface area contributed by atoms with Crippen LogP contribution in [0.25, 0.3) is 0 Å². The molecule has 9 nitrogen and oxygen atoms in total. The van der Waals surface area contributed by atoms with Crippen molar-refractivity contribution in [3.8, 4) is 0 Å². The number of benzene rings is 1. The van der Waals surface area contributed by atoms with Crippen LogP contribution < -0.4 is 16.0 Å². The molecule has 1 aliphatic heterocycles. The van der Waals surface area contributed by atoms with Crippen molar-refractivity contribution in [2.75, 3.05) is 33.2 Å². The van der Waals surface area contributed by atoms with Gasteiger partial charge in [0.2, 0.25) is 0 Å². The Bertz CT molecular complexity index is 968. The first-order chi connectivity index (χ1) is 16.4. The largest absolute Gasteiger partial charge is 0.380 e. The summed E-state index contributed by atoms with van der Waals surface area (Å²) in [4.78, 5) is 40.2. The molecule has 0 radical (unpaired) electrons. The van der Waals surface area contributed by atoms with Crippen molar-refractivity contribution >= 4 is 29.1 Å². The van der Waals surface area contributed by atoms with Gasteiger partial charge in [-0.3, -0.25) is 14.4 Å². The van der Waals surface area contributed by atoms with Crippen molar-refractivity contribution in [2.24, 2.45) is 0 Å². The molecule has 1 fully saturated rings. The van der Waals surface area contributed by atoms with Crippen LogP contribution in [0.4, 0.5) is 0 Å². The van der Waals surface area contributed by atoms with Gasteiger partial charge in [0, 0.05) is 36.6 Å². The minimum absolute atomic E-state index is 0.206. The Labute approximate surface area is 203 Å². The first-order valence-electron chi connectivity index (χ1n) is 11.4. The van der Waals surface area contributed by atoms with Gasteiger partial charge in [-0.2, -0.15) is 0 Å². The van der Waals surface area contributed by atoms with Crippen molar-refractivity contribution in [3.05, 3.63) is 57.8 Å². The van der Waals surface area contributed by atoms with Gasteiger partial charge in [0.15, 0.2) is 12.2 Å². The van der Waals surface area contributed by atoms with Gasteiger partial charge < -0.3 is 31.1 Å². The Balaban J connectivity index is 1.60. The maximum atomic E-state index is 13.0. The normalized spacial score (nSPS) is 17.3. The topological polar surface area (TPSA) is 131 Å². The molecule has 1 unspecified atom stereocenters. The molecular weight excluding hydrogens is 456 g/mol. The van der Waals surface area contributed by atoms with Crippen molar-refractivity contribution in [3.63, 3.8) is 0 Å². The third kappa shape index (κ3) is 6.63. The zero-order valence-electron chi connectivity index (χ0n) is 19.2. The van der Waals surface area contributed by atoms with Crippen LogP contribution in [-0.4, -0.2) is 78.3 Å². The molecule has 3 atom stereocenters. The van der Waals surface area contributed by atoms with Crippen LogP contribution in [-0.2, 0) is 16.0 Å². The van der Waals surface area contributed by atoms with Crippen LogP contribution in [0.3, 0.4) is 0 Å². The number of aliphatic hydroxyl groups is 2. The van der Waals surface area contributed by atoms with Crippen molar-refractivity contribution in [1.82, 2.24) is 20.9 Å². The standard InChI is InChI=1S/C24H32N4O5S/c1-25-11-12-27-22(31)17-6-2-5-16(15-17)19-8-3-13-28(19)24(33)21(30)20(29)23(32)26-10-9-18-7-4-14-34-18/h2,4-7,14-15,19-21,25,29-30H,3,8-13H2,1H3,(H,26,32)(H,27,31)/t19?,20-,21-/m1/s1. The van der Waals surface area contributed by atoms with Gasteiger partial charge in [0.05, 0.1) is 6.04 Å². The van der Waals surface area contributed by atoms with Crippen molar-refractivity contribution in [1.29, 1.82) is 0 Å².